The topological polar surface area (TPSA) is 88.4 Å². The molecule has 0 saturated carbocycles. The van der Waals surface area contributed by atoms with Gasteiger partial charge in [-0.2, -0.15) is 0 Å². The van der Waals surface area contributed by atoms with E-state index in [1.165, 1.54) is 12.1 Å². The number of sulfonamides is 1. The van der Waals surface area contributed by atoms with Gasteiger partial charge < -0.3 is 9.73 Å². The maximum Gasteiger partial charge on any atom is 0.261 e. The first-order valence-corrected chi connectivity index (χ1v) is 10.4. The van der Waals surface area contributed by atoms with Crippen molar-refractivity contribution < 1.29 is 17.6 Å². The Bertz CT molecular complexity index is 1030. The lowest BCUT2D eigenvalue weighted by Crippen LogP contribution is -2.25. The zero-order valence-corrected chi connectivity index (χ0v) is 16.3. The van der Waals surface area contributed by atoms with E-state index in [4.69, 9.17) is 4.42 Å². The molecule has 7 heteroatoms. The molecule has 0 atom stereocenters. The number of nitrogens with one attached hydrogen (secondary N) is 2. The molecule has 2 N–H and O–H groups in total. The summed E-state index contributed by atoms with van der Waals surface area (Å²) in [4.78, 5) is 12.5. The molecule has 146 valence electrons. The Morgan fingerprint density at radius 3 is 2.50 bits per heavy atom. The molecular formula is C21H22N2O4S. The molecule has 2 aromatic carbocycles. The van der Waals surface area contributed by atoms with E-state index >= 15 is 0 Å². The number of hydrogen-bond donors (Lipinski definition) is 2. The lowest BCUT2D eigenvalue weighted by molar-refractivity contribution is 0.0953. The maximum absolute atomic E-state index is 12.4. The highest BCUT2D eigenvalue weighted by atomic mass is 32.2. The molecule has 0 aliphatic rings. The molecule has 0 radical (unpaired) electrons. The van der Waals surface area contributed by atoms with Crippen molar-refractivity contribution in [2.75, 3.05) is 11.3 Å². The Morgan fingerprint density at radius 1 is 1.04 bits per heavy atom. The van der Waals surface area contributed by atoms with E-state index < -0.39 is 10.0 Å². The number of aryl methyl sites for hydroxylation is 2. The molecule has 0 fully saturated rings. The quantitative estimate of drug-likeness (QED) is 0.566. The lowest BCUT2D eigenvalue weighted by atomic mass is 10.1. The summed E-state index contributed by atoms with van der Waals surface area (Å²) in [6, 6.07) is 16.8. The SMILES string of the molecule is Cc1cc(C(=O)NCCCc2ccco2)ccc1NS(=O)(=O)c1ccccc1. The summed E-state index contributed by atoms with van der Waals surface area (Å²) in [6.07, 6.45) is 3.16. The Labute approximate surface area is 164 Å². The van der Waals surface area contributed by atoms with Crippen LogP contribution in [0.25, 0.3) is 0 Å². The number of amides is 1. The van der Waals surface area contributed by atoms with Crippen LogP contribution in [0.15, 0.2) is 76.2 Å². The van der Waals surface area contributed by atoms with Gasteiger partial charge >= 0.3 is 0 Å². The third-order valence-corrected chi connectivity index (χ3v) is 5.63. The molecule has 0 aliphatic carbocycles. The van der Waals surface area contributed by atoms with Crippen LogP contribution in [0.1, 0.15) is 28.1 Å². The first-order valence-electron chi connectivity index (χ1n) is 8.95. The summed E-state index contributed by atoms with van der Waals surface area (Å²) < 4.78 is 32.7. The number of benzene rings is 2. The molecule has 1 heterocycles. The van der Waals surface area contributed by atoms with Crippen molar-refractivity contribution in [3.05, 3.63) is 83.8 Å². The van der Waals surface area contributed by atoms with E-state index in [9.17, 15) is 13.2 Å². The standard InChI is InChI=1S/C21H22N2O4S/c1-16-15-17(21(24)22-13-5-7-18-8-6-14-27-18)11-12-20(16)23-28(25,26)19-9-3-2-4-10-19/h2-4,6,8-12,14-15,23H,5,7,13H2,1H3,(H,22,24). The second-order valence-electron chi connectivity index (χ2n) is 6.39. The predicted molar refractivity (Wildman–Crippen MR) is 108 cm³/mol. The summed E-state index contributed by atoms with van der Waals surface area (Å²) >= 11 is 0. The summed E-state index contributed by atoms with van der Waals surface area (Å²) in [5, 5.41) is 2.86. The van der Waals surface area contributed by atoms with Crippen LogP contribution in [-0.4, -0.2) is 20.9 Å². The normalized spacial score (nSPS) is 11.2. The number of carbonyl (C=O) groups excluding carboxylic acids is 1. The van der Waals surface area contributed by atoms with E-state index in [0.717, 1.165) is 18.6 Å². The van der Waals surface area contributed by atoms with Gasteiger partial charge in [-0.25, -0.2) is 8.42 Å². The van der Waals surface area contributed by atoms with E-state index in [1.54, 1.807) is 49.6 Å². The van der Waals surface area contributed by atoms with Crippen LogP contribution in [-0.2, 0) is 16.4 Å². The van der Waals surface area contributed by atoms with Crippen LogP contribution in [0.2, 0.25) is 0 Å². The number of carbonyl (C=O) groups is 1. The van der Waals surface area contributed by atoms with Crippen LogP contribution in [0.4, 0.5) is 5.69 Å². The van der Waals surface area contributed by atoms with Gasteiger partial charge in [0.1, 0.15) is 5.76 Å². The minimum atomic E-state index is -3.67. The molecule has 3 aromatic rings. The first kappa shape index (κ1) is 19.7. The maximum atomic E-state index is 12.4. The summed E-state index contributed by atoms with van der Waals surface area (Å²) in [5.74, 6) is 0.695. The van der Waals surface area contributed by atoms with Crippen LogP contribution in [0, 0.1) is 6.92 Å². The van der Waals surface area contributed by atoms with Crippen molar-refractivity contribution in [3.8, 4) is 0 Å². The average Bonchev–Trinajstić information content (AvgIpc) is 3.21. The Balaban J connectivity index is 1.59. The third-order valence-electron chi connectivity index (χ3n) is 4.25. The van der Waals surface area contributed by atoms with Gasteiger partial charge in [0.15, 0.2) is 0 Å². The van der Waals surface area contributed by atoms with E-state index in [-0.39, 0.29) is 10.8 Å². The second kappa shape index (κ2) is 8.75. The largest absolute Gasteiger partial charge is 0.469 e. The smallest absolute Gasteiger partial charge is 0.261 e. The van der Waals surface area contributed by atoms with Crippen LogP contribution in [0.5, 0.6) is 0 Å². The van der Waals surface area contributed by atoms with Crippen molar-refractivity contribution in [2.24, 2.45) is 0 Å². The van der Waals surface area contributed by atoms with E-state index in [0.29, 0.717) is 23.4 Å². The van der Waals surface area contributed by atoms with Gasteiger partial charge in [-0.3, -0.25) is 9.52 Å². The van der Waals surface area contributed by atoms with Gasteiger partial charge in [-0.1, -0.05) is 18.2 Å². The number of rotatable bonds is 8. The minimum Gasteiger partial charge on any atom is -0.469 e. The Kier molecular flexibility index (Phi) is 6.16. The zero-order valence-electron chi connectivity index (χ0n) is 15.5. The molecule has 6 nitrogen and oxygen atoms in total. The van der Waals surface area contributed by atoms with Crippen molar-refractivity contribution in [1.29, 1.82) is 0 Å². The first-order chi connectivity index (χ1) is 13.5. The highest BCUT2D eigenvalue weighted by Gasteiger charge is 2.15. The Morgan fingerprint density at radius 2 is 1.82 bits per heavy atom. The number of furan rings is 1. The van der Waals surface area contributed by atoms with Crippen molar-refractivity contribution in [2.45, 2.75) is 24.7 Å². The fourth-order valence-electron chi connectivity index (χ4n) is 2.74. The highest BCUT2D eigenvalue weighted by Crippen LogP contribution is 2.21. The van der Waals surface area contributed by atoms with Gasteiger partial charge in [0.25, 0.3) is 15.9 Å². The third kappa shape index (κ3) is 5.01. The average molecular weight is 398 g/mol. The molecule has 1 amide bonds. The van der Waals surface area contributed by atoms with Gasteiger partial charge in [0, 0.05) is 18.5 Å². The molecular weight excluding hydrogens is 376 g/mol. The minimum absolute atomic E-state index is 0.188. The second-order valence-corrected chi connectivity index (χ2v) is 8.07. The Hall–Kier alpha value is -3.06. The highest BCUT2D eigenvalue weighted by molar-refractivity contribution is 7.92. The number of anilines is 1. The monoisotopic (exact) mass is 398 g/mol. The predicted octanol–water partition coefficient (Wildman–Crippen LogP) is 3.75. The molecule has 3 rings (SSSR count). The molecule has 0 saturated heterocycles. The summed E-state index contributed by atoms with van der Waals surface area (Å²) in [5.41, 5.74) is 1.60. The van der Waals surface area contributed by atoms with Crippen molar-refractivity contribution in [3.63, 3.8) is 0 Å². The van der Waals surface area contributed by atoms with Crippen molar-refractivity contribution in [1.82, 2.24) is 5.32 Å². The van der Waals surface area contributed by atoms with E-state index in [1.807, 2.05) is 12.1 Å². The molecule has 0 bridgehead atoms. The lowest BCUT2D eigenvalue weighted by Gasteiger charge is -2.12. The van der Waals surface area contributed by atoms with Crippen LogP contribution in [0.3, 0.4) is 0 Å². The fraction of sp³-hybridized carbons (Fsp3) is 0.190. The van der Waals surface area contributed by atoms with Gasteiger partial charge in [-0.05, 0) is 61.4 Å². The van der Waals surface area contributed by atoms with Crippen molar-refractivity contribution >= 4 is 21.6 Å². The summed E-state index contributed by atoms with van der Waals surface area (Å²) in [7, 11) is -3.67. The zero-order chi connectivity index (χ0) is 20.0. The number of hydrogen-bond acceptors (Lipinski definition) is 4. The van der Waals surface area contributed by atoms with Gasteiger partial charge in [0.05, 0.1) is 16.8 Å². The van der Waals surface area contributed by atoms with Gasteiger partial charge in [-0.15, -0.1) is 0 Å². The van der Waals surface area contributed by atoms with E-state index in [2.05, 4.69) is 10.0 Å². The molecule has 0 aliphatic heterocycles. The summed E-state index contributed by atoms with van der Waals surface area (Å²) in [6.45, 7) is 2.29. The molecule has 28 heavy (non-hydrogen) atoms. The van der Waals surface area contributed by atoms with Crippen LogP contribution >= 0.6 is 0 Å². The van der Waals surface area contributed by atoms with Gasteiger partial charge in [0.2, 0.25) is 0 Å². The fourth-order valence-corrected chi connectivity index (χ4v) is 3.90. The van der Waals surface area contributed by atoms with Crippen LogP contribution < -0.4 is 10.0 Å². The molecule has 0 spiro atoms. The molecule has 1 aromatic heterocycles. The molecule has 0 unspecified atom stereocenters.